The number of fused-ring (bicyclic) bond motifs is 1. The molecule has 0 spiro atoms. The van der Waals surface area contributed by atoms with Crippen molar-refractivity contribution in [1.82, 2.24) is 9.62 Å². The maximum absolute atomic E-state index is 12.6. The highest BCUT2D eigenvalue weighted by atomic mass is 32.2. The van der Waals surface area contributed by atoms with Crippen LogP contribution in [0.5, 0.6) is 0 Å². The number of carbonyl (C=O) groups excluding carboxylic acids is 2. The molecule has 0 bridgehead atoms. The summed E-state index contributed by atoms with van der Waals surface area (Å²) in [7, 11) is -3.63. The van der Waals surface area contributed by atoms with E-state index in [9.17, 15) is 18.0 Å². The molecule has 1 aliphatic heterocycles. The number of likely N-dealkylation sites (tertiary alicyclic amines) is 1. The number of rotatable bonds is 5. The largest absolute Gasteiger partial charge is 0.278 e. The third-order valence-electron chi connectivity index (χ3n) is 5.21. The van der Waals surface area contributed by atoms with E-state index in [1.165, 1.54) is 4.90 Å². The Morgan fingerprint density at radius 2 is 1.69 bits per heavy atom. The summed E-state index contributed by atoms with van der Waals surface area (Å²) in [5.74, 6) is -0.588. The van der Waals surface area contributed by atoms with Gasteiger partial charge in [-0.1, -0.05) is 25.0 Å². The first-order chi connectivity index (χ1) is 12.2. The second-order valence-electron chi connectivity index (χ2n) is 7.64. The first-order valence-corrected chi connectivity index (χ1v) is 10.7. The Morgan fingerprint density at radius 3 is 2.23 bits per heavy atom. The van der Waals surface area contributed by atoms with Crippen LogP contribution < -0.4 is 4.72 Å². The van der Waals surface area contributed by atoms with Crippen molar-refractivity contribution in [2.45, 2.75) is 63.9 Å². The van der Waals surface area contributed by atoms with Gasteiger partial charge < -0.3 is 0 Å². The summed E-state index contributed by atoms with van der Waals surface area (Å²) in [6.45, 7) is 5.40. The summed E-state index contributed by atoms with van der Waals surface area (Å²) >= 11 is 0. The van der Waals surface area contributed by atoms with Gasteiger partial charge in [-0.3, -0.25) is 14.5 Å². The van der Waals surface area contributed by atoms with Gasteiger partial charge in [0.2, 0.25) is 21.8 Å². The van der Waals surface area contributed by atoms with Gasteiger partial charge in [0.1, 0.15) is 0 Å². The van der Waals surface area contributed by atoms with Gasteiger partial charge >= 0.3 is 0 Å². The van der Waals surface area contributed by atoms with E-state index in [1.807, 2.05) is 0 Å². The van der Waals surface area contributed by atoms with Crippen LogP contribution in [0.15, 0.2) is 23.1 Å². The molecule has 2 fully saturated rings. The molecule has 3 rings (SSSR count). The third kappa shape index (κ3) is 3.55. The van der Waals surface area contributed by atoms with Gasteiger partial charge in [0.15, 0.2) is 0 Å². The Morgan fingerprint density at radius 1 is 1.12 bits per heavy atom. The first-order valence-electron chi connectivity index (χ1n) is 9.18. The SMILES string of the molecule is Cc1ccc(CN2C(=O)[C@H]3CCCC[C@H]3C2=O)cc1S(=O)(=O)NC(C)C. The molecule has 1 aromatic rings. The fourth-order valence-electron chi connectivity index (χ4n) is 3.98. The molecule has 0 unspecified atom stereocenters. The van der Waals surface area contributed by atoms with Crippen molar-refractivity contribution in [3.63, 3.8) is 0 Å². The van der Waals surface area contributed by atoms with Crippen LogP contribution in [-0.4, -0.2) is 31.2 Å². The van der Waals surface area contributed by atoms with E-state index < -0.39 is 10.0 Å². The molecule has 1 aromatic carbocycles. The smallest absolute Gasteiger partial charge is 0.241 e. The first kappa shape index (κ1) is 19.0. The highest BCUT2D eigenvalue weighted by Crippen LogP contribution is 2.38. The van der Waals surface area contributed by atoms with Crippen molar-refractivity contribution in [1.29, 1.82) is 0 Å². The van der Waals surface area contributed by atoms with Gasteiger partial charge in [0.05, 0.1) is 23.3 Å². The third-order valence-corrected chi connectivity index (χ3v) is 7.01. The standard InChI is InChI=1S/C19H26N2O4S/c1-12(2)20-26(24,25)17-10-14(9-8-13(17)3)11-21-18(22)15-6-4-5-7-16(15)19(21)23/h8-10,12,15-16,20H,4-7,11H2,1-3H3/t15-,16+. The van der Waals surface area contributed by atoms with Crippen molar-refractivity contribution in [2.24, 2.45) is 11.8 Å². The van der Waals surface area contributed by atoms with Crippen molar-refractivity contribution < 1.29 is 18.0 Å². The summed E-state index contributed by atoms with van der Waals surface area (Å²) in [5, 5.41) is 0. The monoisotopic (exact) mass is 378 g/mol. The number of amides is 2. The maximum atomic E-state index is 12.6. The average Bonchev–Trinajstić information content (AvgIpc) is 2.80. The lowest BCUT2D eigenvalue weighted by Crippen LogP contribution is -2.32. The number of hydrogen-bond acceptors (Lipinski definition) is 4. The van der Waals surface area contributed by atoms with Crippen molar-refractivity contribution in [2.75, 3.05) is 0 Å². The van der Waals surface area contributed by atoms with E-state index in [1.54, 1.807) is 39.0 Å². The molecule has 1 aliphatic carbocycles. The summed E-state index contributed by atoms with van der Waals surface area (Å²) in [5.41, 5.74) is 1.29. The quantitative estimate of drug-likeness (QED) is 0.797. The number of hydrogen-bond donors (Lipinski definition) is 1. The predicted molar refractivity (Wildman–Crippen MR) is 97.6 cm³/mol. The van der Waals surface area contributed by atoms with Gasteiger partial charge in [0, 0.05) is 6.04 Å². The minimum absolute atomic E-state index is 0.106. The lowest BCUT2D eigenvalue weighted by molar-refractivity contribution is -0.140. The number of aryl methyl sites for hydroxylation is 1. The van der Waals surface area contributed by atoms with E-state index in [4.69, 9.17) is 0 Å². The Hall–Kier alpha value is -1.73. The molecule has 1 saturated heterocycles. The van der Waals surface area contributed by atoms with Gasteiger partial charge in [-0.25, -0.2) is 13.1 Å². The van der Waals surface area contributed by atoms with E-state index in [0.29, 0.717) is 11.1 Å². The lowest BCUT2D eigenvalue weighted by atomic mass is 9.81. The molecule has 2 amide bonds. The molecule has 26 heavy (non-hydrogen) atoms. The number of sulfonamides is 1. The van der Waals surface area contributed by atoms with Crippen LogP contribution in [0.4, 0.5) is 0 Å². The maximum Gasteiger partial charge on any atom is 0.241 e. The fourth-order valence-corrected chi connectivity index (χ4v) is 5.52. The van der Waals surface area contributed by atoms with Crippen LogP contribution >= 0.6 is 0 Å². The van der Waals surface area contributed by atoms with Crippen LogP contribution in [0, 0.1) is 18.8 Å². The number of nitrogens with one attached hydrogen (secondary N) is 1. The number of imide groups is 1. The molecule has 7 heteroatoms. The summed E-state index contributed by atoms with van der Waals surface area (Å²) in [6, 6.07) is 4.87. The molecular formula is C19H26N2O4S. The lowest BCUT2D eigenvalue weighted by Gasteiger charge is -2.19. The van der Waals surface area contributed by atoms with Crippen LogP contribution in [0.3, 0.4) is 0 Å². The summed E-state index contributed by atoms with van der Waals surface area (Å²) in [4.78, 5) is 26.8. The number of carbonyl (C=O) groups is 2. The molecule has 6 nitrogen and oxygen atoms in total. The van der Waals surface area contributed by atoms with Crippen LogP contribution in [0.2, 0.25) is 0 Å². The topological polar surface area (TPSA) is 83.6 Å². The Kier molecular flexibility index (Phi) is 5.21. The highest BCUT2D eigenvalue weighted by molar-refractivity contribution is 7.89. The van der Waals surface area contributed by atoms with Gasteiger partial charge in [0.25, 0.3) is 0 Å². The molecule has 2 atom stereocenters. The van der Waals surface area contributed by atoms with E-state index in [-0.39, 0.29) is 41.1 Å². The fraction of sp³-hybridized carbons (Fsp3) is 0.579. The number of benzene rings is 1. The zero-order valence-electron chi connectivity index (χ0n) is 15.5. The van der Waals surface area contributed by atoms with E-state index >= 15 is 0 Å². The Balaban J connectivity index is 1.86. The van der Waals surface area contributed by atoms with Gasteiger partial charge in [-0.15, -0.1) is 0 Å². The van der Waals surface area contributed by atoms with Gasteiger partial charge in [-0.05, 0) is 50.8 Å². The molecule has 2 aliphatic rings. The van der Waals surface area contributed by atoms with Crippen LogP contribution in [-0.2, 0) is 26.2 Å². The summed E-state index contributed by atoms with van der Waals surface area (Å²) < 4.78 is 27.6. The molecule has 142 valence electrons. The molecule has 0 aromatic heterocycles. The zero-order valence-corrected chi connectivity index (χ0v) is 16.3. The van der Waals surface area contributed by atoms with Crippen LogP contribution in [0.1, 0.15) is 50.7 Å². The van der Waals surface area contributed by atoms with Crippen molar-refractivity contribution in [3.05, 3.63) is 29.3 Å². The highest BCUT2D eigenvalue weighted by Gasteiger charge is 2.47. The average molecular weight is 378 g/mol. The van der Waals surface area contributed by atoms with Gasteiger partial charge in [-0.2, -0.15) is 0 Å². The minimum Gasteiger partial charge on any atom is -0.278 e. The van der Waals surface area contributed by atoms with Crippen LogP contribution in [0.25, 0.3) is 0 Å². The molecule has 1 N–H and O–H groups in total. The molecule has 1 heterocycles. The van der Waals surface area contributed by atoms with Crippen molar-refractivity contribution in [3.8, 4) is 0 Å². The normalized spacial score (nSPS) is 23.6. The summed E-state index contributed by atoms with van der Waals surface area (Å²) in [6.07, 6.45) is 3.53. The zero-order chi connectivity index (χ0) is 19.1. The van der Waals surface area contributed by atoms with Crippen molar-refractivity contribution >= 4 is 21.8 Å². The van der Waals surface area contributed by atoms with E-state index in [0.717, 1.165) is 25.7 Å². The second-order valence-corrected chi connectivity index (χ2v) is 9.32. The molecular weight excluding hydrogens is 352 g/mol. The number of nitrogens with zero attached hydrogens (tertiary/aromatic N) is 1. The molecule has 0 radical (unpaired) electrons. The van der Waals surface area contributed by atoms with E-state index in [2.05, 4.69) is 4.72 Å². The predicted octanol–water partition coefficient (Wildman–Crippen LogP) is 2.36. The minimum atomic E-state index is -3.63. The second kappa shape index (κ2) is 7.12. The Bertz CT molecular complexity index is 808. The Labute approximate surface area is 155 Å². The molecule has 1 saturated carbocycles.